The molecule has 0 aromatic heterocycles. The molecule has 1 aliphatic heterocycles. The Hall–Kier alpha value is -6.38. The van der Waals surface area contributed by atoms with Gasteiger partial charge in [-0.05, 0) is 89.5 Å². The van der Waals surface area contributed by atoms with Crippen molar-refractivity contribution in [2.75, 3.05) is 0 Å². The molecular weight excluding hydrogens is 629 g/mol. The van der Waals surface area contributed by atoms with E-state index >= 15 is 0 Å². The van der Waals surface area contributed by atoms with E-state index in [0.29, 0.717) is 6.42 Å². The van der Waals surface area contributed by atoms with E-state index in [1.807, 2.05) is 6.07 Å². The van der Waals surface area contributed by atoms with Crippen molar-refractivity contribution >= 4 is 49.6 Å². The fourth-order valence-electron chi connectivity index (χ4n) is 8.54. The summed E-state index contributed by atoms with van der Waals surface area (Å²) in [5.74, 6) is 0.726. The quantitative estimate of drug-likeness (QED) is 0.167. The van der Waals surface area contributed by atoms with E-state index in [2.05, 4.69) is 178 Å². The Morgan fingerprint density at radius 1 is 0.423 bits per heavy atom. The maximum absolute atomic E-state index is 5.46. The normalized spacial score (nSPS) is 14.8. The standard InChI is InChI=1S/C50H36N2/c1-50(2)44-24-14-13-22-39(44)40-26-25-34(31-45(40)50)35-29-42-38-21-10-9-19-36(38)37-20-11-12-23-41(37)48(42)43(30-35)47-28-27-46(32-15-5-3-6-16-32)51-49(52-47)33-17-7-4-8-18-33/h3-26,28-31H,27H2,1-2H3. The molecule has 0 unspecified atom stereocenters. The van der Waals surface area contributed by atoms with E-state index in [1.165, 1.54) is 65.7 Å². The lowest BCUT2D eigenvalue weighted by Crippen LogP contribution is -2.14. The van der Waals surface area contributed by atoms with Gasteiger partial charge in [0.1, 0.15) is 0 Å². The second-order valence-corrected chi connectivity index (χ2v) is 14.5. The molecule has 2 nitrogen and oxygen atoms in total. The van der Waals surface area contributed by atoms with Crippen LogP contribution in [0.4, 0.5) is 0 Å². The van der Waals surface area contributed by atoms with Crippen LogP contribution in [0.25, 0.3) is 60.3 Å². The summed E-state index contributed by atoms with van der Waals surface area (Å²) in [7, 11) is 0. The first-order chi connectivity index (χ1) is 25.5. The van der Waals surface area contributed by atoms with Crippen LogP contribution in [-0.2, 0) is 5.41 Å². The van der Waals surface area contributed by atoms with Gasteiger partial charge in [-0.25, -0.2) is 9.98 Å². The lowest BCUT2D eigenvalue weighted by molar-refractivity contribution is 0.660. The Kier molecular flexibility index (Phi) is 6.94. The van der Waals surface area contributed by atoms with Gasteiger partial charge in [-0.15, -0.1) is 0 Å². The molecule has 1 aliphatic carbocycles. The molecule has 8 aromatic carbocycles. The van der Waals surface area contributed by atoms with Gasteiger partial charge in [-0.2, -0.15) is 0 Å². The molecule has 0 radical (unpaired) electrons. The SMILES string of the molecule is CC1(C)c2ccccc2-c2ccc(-c3cc(C4=CCC(c5ccccc5)=NC(c5ccccc5)=N4)c4c5ccccc5c5ccccc5c4c3)cc21. The molecule has 0 saturated heterocycles. The summed E-state index contributed by atoms with van der Waals surface area (Å²) in [6.07, 6.45) is 2.95. The van der Waals surface area contributed by atoms with Crippen molar-refractivity contribution in [1.82, 2.24) is 0 Å². The van der Waals surface area contributed by atoms with Crippen LogP contribution in [0.3, 0.4) is 0 Å². The van der Waals surface area contributed by atoms with Crippen molar-refractivity contribution in [3.8, 4) is 22.3 Å². The second kappa shape index (κ2) is 11.9. The minimum atomic E-state index is -0.0889. The molecule has 52 heavy (non-hydrogen) atoms. The smallest absolute Gasteiger partial charge is 0.160 e. The van der Waals surface area contributed by atoms with E-state index in [-0.39, 0.29) is 5.41 Å². The molecule has 0 fully saturated rings. The fraction of sp³-hybridized carbons (Fsp3) is 0.0800. The number of benzene rings is 8. The Morgan fingerprint density at radius 3 is 1.77 bits per heavy atom. The van der Waals surface area contributed by atoms with Gasteiger partial charge in [0.25, 0.3) is 0 Å². The maximum Gasteiger partial charge on any atom is 0.160 e. The van der Waals surface area contributed by atoms with Gasteiger partial charge >= 0.3 is 0 Å². The zero-order chi connectivity index (χ0) is 34.8. The van der Waals surface area contributed by atoms with Crippen LogP contribution in [0.1, 0.15) is 48.1 Å². The van der Waals surface area contributed by atoms with Crippen molar-refractivity contribution in [2.24, 2.45) is 9.98 Å². The molecule has 1 heterocycles. The van der Waals surface area contributed by atoms with Crippen LogP contribution < -0.4 is 0 Å². The van der Waals surface area contributed by atoms with Gasteiger partial charge in [0.2, 0.25) is 0 Å². The number of allylic oxidation sites excluding steroid dienone is 1. The van der Waals surface area contributed by atoms with E-state index in [9.17, 15) is 0 Å². The molecule has 0 amide bonds. The van der Waals surface area contributed by atoms with Crippen LogP contribution >= 0.6 is 0 Å². The summed E-state index contributed by atoms with van der Waals surface area (Å²) in [6, 6.07) is 59.3. The van der Waals surface area contributed by atoms with Gasteiger partial charge in [0, 0.05) is 23.0 Å². The number of aliphatic imine (C=N–C) groups is 2. The average Bonchev–Trinajstić information content (AvgIpc) is 3.31. The van der Waals surface area contributed by atoms with Crippen molar-refractivity contribution in [2.45, 2.75) is 25.7 Å². The highest BCUT2D eigenvalue weighted by atomic mass is 14.9. The summed E-state index contributed by atoms with van der Waals surface area (Å²) in [5, 5.41) is 7.44. The summed E-state index contributed by atoms with van der Waals surface area (Å²) < 4.78 is 0. The second-order valence-electron chi connectivity index (χ2n) is 14.5. The number of fused-ring (bicyclic) bond motifs is 9. The summed E-state index contributed by atoms with van der Waals surface area (Å²) in [4.78, 5) is 10.7. The molecule has 0 saturated carbocycles. The zero-order valence-electron chi connectivity index (χ0n) is 29.3. The molecule has 0 N–H and O–H groups in total. The first-order valence-corrected chi connectivity index (χ1v) is 18.1. The zero-order valence-corrected chi connectivity index (χ0v) is 29.3. The Balaban J connectivity index is 1.26. The molecule has 2 heteroatoms. The predicted octanol–water partition coefficient (Wildman–Crippen LogP) is 12.8. The third-order valence-electron chi connectivity index (χ3n) is 11.1. The first-order valence-electron chi connectivity index (χ1n) is 18.1. The van der Waals surface area contributed by atoms with Crippen LogP contribution in [0.5, 0.6) is 0 Å². The van der Waals surface area contributed by atoms with Gasteiger partial charge in [-0.3, -0.25) is 0 Å². The average molecular weight is 665 g/mol. The third-order valence-corrected chi connectivity index (χ3v) is 11.1. The molecule has 10 rings (SSSR count). The molecule has 2 aliphatic rings. The summed E-state index contributed by atoms with van der Waals surface area (Å²) >= 11 is 0. The van der Waals surface area contributed by atoms with Crippen LogP contribution in [-0.4, -0.2) is 11.5 Å². The van der Waals surface area contributed by atoms with Crippen molar-refractivity contribution in [1.29, 1.82) is 0 Å². The maximum atomic E-state index is 5.46. The summed E-state index contributed by atoms with van der Waals surface area (Å²) in [5.41, 5.74) is 12.9. The highest BCUT2D eigenvalue weighted by Crippen LogP contribution is 2.50. The van der Waals surface area contributed by atoms with Gasteiger partial charge < -0.3 is 0 Å². The molecular formula is C50H36N2. The molecule has 0 spiro atoms. The molecule has 0 atom stereocenters. The lowest BCUT2D eigenvalue weighted by atomic mass is 9.81. The minimum Gasteiger partial charge on any atom is -0.232 e. The van der Waals surface area contributed by atoms with Gasteiger partial charge in [0.05, 0.1) is 11.4 Å². The van der Waals surface area contributed by atoms with E-state index in [4.69, 9.17) is 9.98 Å². The van der Waals surface area contributed by atoms with Gasteiger partial charge in [-0.1, -0.05) is 166 Å². The van der Waals surface area contributed by atoms with Crippen molar-refractivity contribution in [3.63, 3.8) is 0 Å². The first kappa shape index (κ1) is 30.4. The van der Waals surface area contributed by atoms with Crippen LogP contribution in [0.2, 0.25) is 0 Å². The van der Waals surface area contributed by atoms with E-state index in [1.54, 1.807) is 0 Å². The number of nitrogens with zero attached hydrogens (tertiary/aromatic N) is 2. The highest BCUT2D eigenvalue weighted by Gasteiger charge is 2.35. The van der Waals surface area contributed by atoms with E-state index in [0.717, 1.165) is 33.9 Å². The topological polar surface area (TPSA) is 24.7 Å². The van der Waals surface area contributed by atoms with E-state index < -0.39 is 0 Å². The van der Waals surface area contributed by atoms with Crippen molar-refractivity contribution in [3.05, 3.63) is 198 Å². The number of rotatable bonds is 4. The largest absolute Gasteiger partial charge is 0.232 e. The third kappa shape index (κ3) is 4.79. The highest BCUT2D eigenvalue weighted by molar-refractivity contribution is 6.28. The van der Waals surface area contributed by atoms with Crippen LogP contribution in [0.15, 0.2) is 180 Å². The number of hydrogen-bond acceptors (Lipinski definition) is 2. The van der Waals surface area contributed by atoms with Gasteiger partial charge in [0.15, 0.2) is 5.84 Å². The molecule has 246 valence electrons. The molecule has 0 bridgehead atoms. The Morgan fingerprint density at radius 2 is 1.02 bits per heavy atom. The number of hydrogen-bond donors (Lipinski definition) is 0. The molecule has 8 aromatic rings. The fourth-order valence-corrected chi connectivity index (χ4v) is 8.54. The monoisotopic (exact) mass is 664 g/mol. The Labute approximate surface area is 304 Å². The predicted molar refractivity (Wildman–Crippen MR) is 221 cm³/mol. The van der Waals surface area contributed by atoms with Crippen LogP contribution in [0, 0.1) is 0 Å². The number of amidine groups is 1. The lowest BCUT2D eigenvalue weighted by Gasteiger charge is -2.22. The Bertz CT molecular complexity index is 2820. The minimum absolute atomic E-state index is 0.0889. The van der Waals surface area contributed by atoms with Crippen molar-refractivity contribution < 1.29 is 0 Å². The summed E-state index contributed by atoms with van der Waals surface area (Å²) in [6.45, 7) is 4.71.